The summed E-state index contributed by atoms with van der Waals surface area (Å²) in [6.45, 7) is 0. The van der Waals surface area contributed by atoms with Gasteiger partial charge in [0.1, 0.15) is 10.7 Å². The standard InChI is InChI=1S/C12H8F3N3O2S/c13-12(14,15)20-9-4-2-1-3-8(9)19-11-17-6-5-7(18-11)10(16)21/h1-6H,(H2,16,21). The van der Waals surface area contributed by atoms with E-state index in [0.29, 0.717) is 0 Å². The Hall–Kier alpha value is -2.42. The first-order chi connectivity index (χ1) is 9.85. The van der Waals surface area contributed by atoms with Crippen molar-refractivity contribution in [3.63, 3.8) is 0 Å². The Morgan fingerprint density at radius 3 is 2.43 bits per heavy atom. The first kappa shape index (κ1) is 15.0. The van der Waals surface area contributed by atoms with Gasteiger partial charge >= 0.3 is 12.4 Å². The van der Waals surface area contributed by atoms with Gasteiger partial charge in [-0.05, 0) is 18.2 Å². The van der Waals surface area contributed by atoms with Crippen LogP contribution in [-0.2, 0) is 0 Å². The largest absolute Gasteiger partial charge is 0.573 e. The van der Waals surface area contributed by atoms with E-state index in [-0.39, 0.29) is 22.4 Å². The van der Waals surface area contributed by atoms with E-state index in [1.165, 1.54) is 30.5 Å². The average molecular weight is 315 g/mol. The molecule has 1 aromatic carbocycles. The molecule has 2 N–H and O–H groups in total. The van der Waals surface area contributed by atoms with E-state index in [2.05, 4.69) is 14.7 Å². The second-order valence-corrected chi connectivity index (χ2v) is 4.13. The smallest absolute Gasteiger partial charge is 0.420 e. The van der Waals surface area contributed by atoms with E-state index in [9.17, 15) is 13.2 Å². The molecule has 0 bridgehead atoms. The van der Waals surface area contributed by atoms with Crippen molar-refractivity contribution in [3.8, 4) is 17.5 Å². The van der Waals surface area contributed by atoms with Gasteiger partial charge in [-0.25, -0.2) is 4.98 Å². The van der Waals surface area contributed by atoms with E-state index in [1.54, 1.807) is 0 Å². The number of thiocarbonyl (C=S) groups is 1. The van der Waals surface area contributed by atoms with Crippen LogP contribution in [0.1, 0.15) is 5.69 Å². The van der Waals surface area contributed by atoms with Gasteiger partial charge in [0.2, 0.25) is 0 Å². The first-order valence-electron chi connectivity index (χ1n) is 5.50. The number of hydrogen-bond donors (Lipinski definition) is 1. The summed E-state index contributed by atoms with van der Waals surface area (Å²) in [6, 6.07) is 6.51. The maximum Gasteiger partial charge on any atom is 0.573 e. The molecule has 21 heavy (non-hydrogen) atoms. The molecule has 0 aliphatic heterocycles. The van der Waals surface area contributed by atoms with E-state index in [0.717, 1.165) is 6.07 Å². The number of halogens is 3. The summed E-state index contributed by atoms with van der Waals surface area (Å²) in [5.41, 5.74) is 5.64. The molecule has 2 aromatic rings. The van der Waals surface area contributed by atoms with E-state index >= 15 is 0 Å². The fourth-order valence-electron chi connectivity index (χ4n) is 1.37. The minimum absolute atomic E-state index is 0.0158. The van der Waals surface area contributed by atoms with Crippen molar-refractivity contribution in [2.24, 2.45) is 5.73 Å². The Morgan fingerprint density at radius 2 is 1.81 bits per heavy atom. The van der Waals surface area contributed by atoms with Gasteiger partial charge in [0.15, 0.2) is 11.5 Å². The Kier molecular flexibility index (Phi) is 4.22. The maximum atomic E-state index is 12.3. The number of hydrogen-bond acceptors (Lipinski definition) is 5. The highest BCUT2D eigenvalue weighted by atomic mass is 32.1. The van der Waals surface area contributed by atoms with Crippen LogP contribution in [0.4, 0.5) is 13.2 Å². The predicted molar refractivity (Wildman–Crippen MR) is 71.1 cm³/mol. The lowest BCUT2D eigenvalue weighted by Crippen LogP contribution is -2.17. The lowest BCUT2D eigenvalue weighted by molar-refractivity contribution is -0.275. The minimum Gasteiger partial charge on any atom is -0.420 e. The molecule has 0 aliphatic rings. The van der Waals surface area contributed by atoms with Gasteiger partial charge in [-0.2, -0.15) is 4.98 Å². The molecule has 0 amide bonds. The first-order valence-corrected chi connectivity index (χ1v) is 5.91. The molecule has 1 heterocycles. The van der Waals surface area contributed by atoms with Crippen LogP contribution in [0.5, 0.6) is 17.5 Å². The highest BCUT2D eigenvalue weighted by Gasteiger charge is 2.32. The quantitative estimate of drug-likeness (QED) is 0.875. The highest BCUT2D eigenvalue weighted by Crippen LogP contribution is 2.33. The second kappa shape index (κ2) is 5.92. The van der Waals surface area contributed by atoms with E-state index in [1.807, 2.05) is 0 Å². The van der Waals surface area contributed by atoms with Crippen LogP contribution in [0.15, 0.2) is 36.5 Å². The summed E-state index contributed by atoms with van der Waals surface area (Å²) < 4.78 is 45.9. The normalized spacial score (nSPS) is 11.0. The second-order valence-electron chi connectivity index (χ2n) is 3.69. The van der Waals surface area contributed by atoms with Crippen molar-refractivity contribution in [2.45, 2.75) is 6.36 Å². The molecule has 5 nitrogen and oxygen atoms in total. The zero-order valence-corrected chi connectivity index (χ0v) is 11.1. The fraction of sp³-hybridized carbons (Fsp3) is 0.0833. The SMILES string of the molecule is NC(=S)c1ccnc(Oc2ccccc2OC(F)(F)F)n1. The number of ether oxygens (including phenoxy) is 2. The van der Waals surface area contributed by atoms with Gasteiger partial charge in [0.05, 0.1) is 0 Å². The van der Waals surface area contributed by atoms with Crippen LogP contribution in [0.2, 0.25) is 0 Å². The molecule has 0 radical (unpaired) electrons. The Morgan fingerprint density at radius 1 is 1.14 bits per heavy atom. The van der Waals surface area contributed by atoms with Crippen molar-refractivity contribution in [1.82, 2.24) is 9.97 Å². The Labute approximate surface area is 122 Å². The molecule has 0 unspecified atom stereocenters. The number of aromatic nitrogens is 2. The predicted octanol–water partition coefficient (Wildman–Crippen LogP) is 2.80. The van der Waals surface area contributed by atoms with Gasteiger partial charge in [-0.1, -0.05) is 24.4 Å². The van der Waals surface area contributed by atoms with Crippen LogP contribution in [-0.4, -0.2) is 21.3 Å². The third-order valence-corrected chi connectivity index (χ3v) is 2.37. The third kappa shape index (κ3) is 4.28. The summed E-state index contributed by atoms with van der Waals surface area (Å²) in [4.78, 5) is 7.65. The lowest BCUT2D eigenvalue weighted by atomic mass is 10.3. The van der Waals surface area contributed by atoms with Crippen LogP contribution in [0, 0.1) is 0 Å². The van der Waals surface area contributed by atoms with Crippen molar-refractivity contribution in [2.75, 3.05) is 0 Å². The summed E-state index contributed by atoms with van der Waals surface area (Å²) in [5, 5.41) is 0. The van der Waals surface area contributed by atoms with Gasteiger partial charge in [0.25, 0.3) is 0 Å². The zero-order chi connectivity index (χ0) is 15.5. The number of benzene rings is 1. The zero-order valence-electron chi connectivity index (χ0n) is 10.3. The van der Waals surface area contributed by atoms with E-state index < -0.39 is 12.1 Å². The molecule has 0 fully saturated rings. The van der Waals surface area contributed by atoms with Crippen molar-refractivity contribution in [1.29, 1.82) is 0 Å². The van der Waals surface area contributed by atoms with Crippen LogP contribution >= 0.6 is 12.2 Å². The third-order valence-electron chi connectivity index (χ3n) is 2.16. The Bertz CT molecular complexity index is 664. The lowest BCUT2D eigenvalue weighted by Gasteiger charge is -2.12. The summed E-state index contributed by atoms with van der Waals surface area (Å²) in [6.07, 6.45) is -3.51. The molecule has 1 aromatic heterocycles. The Balaban J connectivity index is 2.27. The fourth-order valence-corrected chi connectivity index (χ4v) is 1.48. The molecule has 110 valence electrons. The molecule has 0 saturated carbocycles. The number of nitrogens with zero attached hydrogens (tertiary/aromatic N) is 2. The van der Waals surface area contributed by atoms with Gasteiger partial charge < -0.3 is 15.2 Å². The van der Waals surface area contributed by atoms with Crippen molar-refractivity contribution >= 4 is 17.2 Å². The van der Waals surface area contributed by atoms with Crippen molar-refractivity contribution < 1.29 is 22.6 Å². The van der Waals surface area contributed by atoms with Crippen molar-refractivity contribution in [3.05, 3.63) is 42.2 Å². The summed E-state index contributed by atoms with van der Waals surface area (Å²) >= 11 is 4.74. The molecular weight excluding hydrogens is 307 g/mol. The molecule has 2 rings (SSSR count). The van der Waals surface area contributed by atoms with E-state index in [4.69, 9.17) is 22.7 Å². The average Bonchev–Trinajstić information content (AvgIpc) is 2.40. The van der Waals surface area contributed by atoms with Gasteiger partial charge in [-0.3, -0.25) is 0 Å². The van der Waals surface area contributed by atoms with Crippen LogP contribution in [0.25, 0.3) is 0 Å². The summed E-state index contributed by atoms with van der Waals surface area (Å²) in [5.74, 6) is -0.691. The topological polar surface area (TPSA) is 70.3 Å². The summed E-state index contributed by atoms with van der Waals surface area (Å²) in [7, 11) is 0. The highest BCUT2D eigenvalue weighted by molar-refractivity contribution is 7.80. The van der Waals surface area contributed by atoms with Gasteiger partial charge in [0, 0.05) is 6.20 Å². The number of rotatable bonds is 4. The maximum absolute atomic E-state index is 12.3. The molecule has 9 heteroatoms. The van der Waals surface area contributed by atoms with Crippen LogP contribution < -0.4 is 15.2 Å². The molecule has 0 aliphatic carbocycles. The minimum atomic E-state index is -4.83. The molecule has 0 spiro atoms. The molecule has 0 saturated heterocycles. The van der Waals surface area contributed by atoms with Crippen LogP contribution in [0.3, 0.4) is 0 Å². The monoisotopic (exact) mass is 315 g/mol. The molecule has 0 atom stereocenters. The van der Waals surface area contributed by atoms with Gasteiger partial charge in [-0.15, -0.1) is 13.2 Å². The number of nitrogens with two attached hydrogens (primary N) is 1. The number of alkyl halides is 3. The number of para-hydroxylation sites is 2. The molecular formula is C12H8F3N3O2S.